The second-order valence-electron chi connectivity index (χ2n) is 6.57. The Morgan fingerprint density at radius 1 is 1.19 bits per heavy atom. The number of nitrogens with zero attached hydrogens (tertiary/aromatic N) is 2. The smallest absolute Gasteiger partial charge is 0.267 e. The van der Waals surface area contributed by atoms with Crippen molar-refractivity contribution in [3.8, 4) is 6.07 Å². The predicted octanol–water partition coefficient (Wildman–Crippen LogP) is 3.65. The van der Waals surface area contributed by atoms with E-state index in [1.807, 2.05) is 60.7 Å². The van der Waals surface area contributed by atoms with Gasteiger partial charge in [0.2, 0.25) is 0 Å². The Bertz CT molecular complexity index is 806. The van der Waals surface area contributed by atoms with Crippen LogP contribution in [0.3, 0.4) is 0 Å². The van der Waals surface area contributed by atoms with E-state index in [2.05, 4.69) is 19.2 Å². The normalized spacial score (nSPS) is 11.1. The Kier molecular flexibility index (Phi) is 7.60. The molecule has 0 saturated heterocycles. The lowest BCUT2D eigenvalue weighted by molar-refractivity contribution is -0.112. The second-order valence-corrected chi connectivity index (χ2v) is 6.57. The molecule has 0 unspecified atom stereocenters. The SMILES string of the molecule is CC(C)c1ccc(NC(=O)/C(C#N)=C\N(CCO)Cc2ccccc2)cc1. The average Bonchev–Trinajstić information content (AvgIpc) is 2.67. The molecule has 2 N–H and O–H groups in total. The van der Waals surface area contributed by atoms with Crippen LogP contribution in [0, 0.1) is 11.3 Å². The lowest BCUT2D eigenvalue weighted by Crippen LogP contribution is -2.23. The molecule has 140 valence electrons. The van der Waals surface area contributed by atoms with Crippen molar-refractivity contribution in [2.24, 2.45) is 0 Å². The first-order valence-electron chi connectivity index (χ1n) is 8.95. The average molecular weight is 363 g/mol. The van der Waals surface area contributed by atoms with Gasteiger partial charge >= 0.3 is 0 Å². The van der Waals surface area contributed by atoms with Crippen LogP contribution in [0.5, 0.6) is 0 Å². The molecule has 0 spiro atoms. The fraction of sp³-hybridized carbons (Fsp3) is 0.273. The third-order valence-corrected chi connectivity index (χ3v) is 4.13. The third kappa shape index (κ3) is 6.28. The highest BCUT2D eigenvalue weighted by Crippen LogP contribution is 2.17. The zero-order valence-corrected chi connectivity index (χ0v) is 15.7. The van der Waals surface area contributed by atoms with Gasteiger partial charge in [0.1, 0.15) is 11.6 Å². The molecule has 0 aliphatic carbocycles. The number of carbonyl (C=O) groups excluding carboxylic acids is 1. The summed E-state index contributed by atoms with van der Waals surface area (Å²) in [6, 6.07) is 19.2. The first-order valence-corrected chi connectivity index (χ1v) is 8.95. The summed E-state index contributed by atoms with van der Waals surface area (Å²) in [6.07, 6.45) is 1.50. The van der Waals surface area contributed by atoms with Crippen molar-refractivity contribution in [3.63, 3.8) is 0 Å². The van der Waals surface area contributed by atoms with Crippen LogP contribution in [0.2, 0.25) is 0 Å². The minimum atomic E-state index is -0.467. The van der Waals surface area contributed by atoms with E-state index in [9.17, 15) is 15.2 Å². The van der Waals surface area contributed by atoms with Crippen LogP contribution in [-0.4, -0.2) is 29.1 Å². The number of amides is 1. The molecule has 0 heterocycles. The summed E-state index contributed by atoms with van der Waals surface area (Å²) >= 11 is 0. The van der Waals surface area contributed by atoms with Crippen LogP contribution < -0.4 is 5.32 Å². The van der Waals surface area contributed by atoms with Crippen molar-refractivity contribution in [1.29, 1.82) is 5.26 Å². The topological polar surface area (TPSA) is 76.4 Å². The van der Waals surface area contributed by atoms with Crippen LogP contribution in [0.25, 0.3) is 0 Å². The van der Waals surface area contributed by atoms with Gasteiger partial charge < -0.3 is 15.3 Å². The van der Waals surface area contributed by atoms with Gasteiger partial charge in [0.25, 0.3) is 5.91 Å². The fourth-order valence-corrected chi connectivity index (χ4v) is 2.61. The number of aliphatic hydroxyl groups is 1. The Hall–Kier alpha value is -3.10. The molecule has 0 saturated carbocycles. The number of nitrogens with one attached hydrogen (secondary N) is 1. The molecule has 1 amide bonds. The van der Waals surface area contributed by atoms with Gasteiger partial charge in [-0.25, -0.2) is 0 Å². The summed E-state index contributed by atoms with van der Waals surface area (Å²) in [6.45, 7) is 4.97. The number of anilines is 1. The van der Waals surface area contributed by atoms with Gasteiger partial charge in [-0.3, -0.25) is 4.79 Å². The second kappa shape index (κ2) is 10.1. The molecule has 0 radical (unpaired) electrons. The minimum Gasteiger partial charge on any atom is -0.395 e. The molecule has 5 heteroatoms. The van der Waals surface area contributed by atoms with Gasteiger partial charge in [0.15, 0.2) is 0 Å². The van der Waals surface area contributed by atoms with E-state index in [1.165, 1.54) is 11.8 Å². The van der Waals surface area contributed by atoms with E-state index in [0.717, 1.165) is 5.56 Å². The number of nitriles is 1. The van der Waals surface area contributed by atoms with E-state index in [4.69, 9.17) is 0 Å². The largest absolute Gasteiger partial charge is 0.395 e. The molecule has 0 aromatic heterocycles. The summed E-state index contributed by atoms with van der Waals surface area (Å²) in [5.74, 6) is -0.0554. The molecule has 0 bridgehead atoms. The highest BCUT2D eigenvalue weighted by molar-refractivity contribution is 6.06. The number of hydrogen-bond donors (Lipinski definition) is 2. The van der Waals surface area contributed by atoms with Crippen molar-refractivity contribution in [3.05, 3.63) is 77.5 Å². The van der Waals surface area contributed by atoms with Crippen LogP contribution in [0.15, 0.2) is 66.4 Å². The molecule has 5 nitrogen and oxygen atoms in total. The fourth-order valence-electron chi connectivity index (χ4n) is 2.61. The number of hydrogen-bond acceptors (Lipinski definition) is 4. The molecule has 0 aliphatic heterocycles. The molecular formula is C22H25N3O2. The highest BCUT2D eigenvalue weighted by Gasteiger charge is 2.12. The van der Waals surface area contributed by atoms with Crippen molar-refractivity contribution in [2.45, 2.75) is 26.3 Å². The number of aliphatic hydroxyl groups excluding tert-OH is 1. The van der Waals surface area contributed by atoms with E-state index in [-0.39, 0.29) is 12.2 Å². The molecule has 2 aromatic carbocycles. The zero-order chi connectivity index (χ0) is 19.6. The maximum absolute atomic E-state index is 12.5. The predicted molar refractivity (Wildman–Crippen MR) is 107 cm³/mol. The number of rotatable bonds is 8. The Labute approximate surface area is 160 Å². The first kappa shape index (κ1) is 20.2. The zero-order valence-electron chi connectivity index (χ0n) is 15.7. The van der Waals surface area contributed by atoms with Crippen LogP contribution >= 0.6 is 0 Å². The van der Waals surface area contributed by atoms with E-state index < -0.39 is 5.91 Å². The molecule has 27 heavy (non-hydrogen) atoms. The summed E-state index contributed by atoms with van der Waals surface area (Å²) in [7, 11) is 0. The molecule has 2 aromatic rings. The quantitative estimate of drug-likeness (QED) is 0.554. The van der Waals surface area contributed by atoms with Gasteiger partial charge in [-0.2, -0.15) is 5.26 Å². The van der Waals surface area contributed by atoms with Crippen molar-refractivity contribution < 1.29 is 9.90 Å². The van der Waals surface area contributed by atoms with E-state index in [1.54, 1.807) is 4.90 Å². The standard InChI is InChI=1S/C22H25N3O2/c1-17(2)19-8-10-21(11-9-19)24-22(27)20(14-23)16-25(12-13-26)15-18-6-4-3-5-7-18/h3-11,16-17,26H,12-13,15H2,1-2H3,(H,24,27)/b20-16-. The third-order valence-electron chi connectivity index (χ3n) is 4.13. The van der Waals surface area contributed by atoms with Gasteiger partial charge in [0.05, 0.1) is 6.61 Å². The summed E-state index contributed by atoms with van der Waals surface area (Å²) in [5.41, 5.74) is 2.85. The molecule has 2 rings (SSSR count). The van der Waals surface area contributed by atoms with Crippen LogP contribution in [0.4, 0.5) is 5.69 Å². The Morgan fingerprint density at radius 2 is 1.85 bits per heavy atom. The van der Waals surface area contributed by atoms with Crippen LogP contribution in [0.1, 0.15) is 30.9 Å². The Morgan fingerprint density at radius 3 is 2.41 bits per heavy atom. The van der Waals surface area contributed by atoms with E-state index >= 15 is 0 Å². The monoisotopic (exact) mass is 363 g/mol. The molecule has 0 aliphatic rings. The van der Waals surface area contributed by atoms with Crippen molar-refractivity contribution in [1.82, 2.24) is 4.90 Å². The Balaban J connectivity index is 2.11. The first-order chi connectivity index (χ1) is 13.0. The number of benzene rings is 2. The maximum Gasteiger partial charge on any atom is 0.267 e. The van der Waals surface area contributed by atoms with Gasteiger partial charge in [-0.05, 0) is 29.2 Å². The van der Waals surface area contributed by atoms with Crippen molar-refractivity contribution >= 4 is 11.6 Å². The lowest BCUT2D eigenvalue weighted by atomic mass is 10.0. The molecule has 0 fully saturated rings. The van der Waals surface area contributed by atoms with Gasteiger partial charge in [0, 0.05) is 25.0 Å². The molecule has 0 atom stereocenters. The van der Waals surface area contributed by atoms with Gasteiger partial charge in [-0.1, -0.05) is 56.3 Å². The maximum atomic E-state index is 12.5. The summed E-state index contributed by atoms with van der Waals surface area (Å²) < 4.78 is 0. The summed E-state index contributed by atoms with van der Waals surface area (Å²) in [5, 5.41) is 21.4. The van der Waals surface area contributed by atoms with E-state index in [0.29, 0.717) is 24.7 Å². The highest BCUT2D eigenvalue weighted by atomic mass is 16.3. The minimum absolute atomic E-state index is 0.00711. The number of carbonyl (C=O) groups is 1. The lowest BCUT2D eigenvalue weighted by Gasteiger charge is -2.20. The van der Waals surface area contributed by atoms with Gasteiger partial charge in [-0.15, -0.1) is 0 Å². The summed E-state index contributed by atoms with van der Waals surface area (Å²) in [4.78, 5) is 14.2. The van der Waals surface area contributed by atoms with Crippen molar-refractivity contribution in [2.75, 3.05) is 18.5 Å². The molecular weight excluding hydrogens is 338 g/mol. The van der Waals surface area contributed by atoms with Crippen LogP contribution in [-0.2, 0) is 11.3 Å².